The van der Waals surface area contributed by atoms with Gasteiger partial charge in [0.05, 0.1) is 33.5 Å². The van der Waals surface area contributed by atoms with Crippen molar-refractivity contribution in [3.05, 3.63) is 67.2 Å². The zero-order valence-corrected chi connectivity index (χ0v) is 25.7. The summed E-state index contributed by atoms with van der Waals surface area (Å²) in [6.45, 7) is 5.00. The van der Waals surface area contributed by atoms with Crippen LogP contribution >= 0.6 is 54.5 Å². The summed E-state index contributed by atoms with van der Waals surface area (Å²) < 4.78 is 19.8. The summed E-state index contributed by atoms with van der Waals surface area (Å²) in [7, 11) is 1.59. The minimum atomic E-state index is -1.28. The van der Waals surface area contributed by atoms with Gasteiger partial charge in [0.2, 0.25) is 0 Å². The van der Waals surface area contributed by atoms with Crippen molar-refractivity contribution in [3.8, 4) is 17.2 Å². The van der Waals surface area contributed by atoms with Gasteiger partial charge in [-0.2, -0.15) is 0 Å². The molecule has 0 fully saturated rings. The molecule has 2 aromatic carbocycles. The van der Waals surface area contributed by atoms with E-state index in [1.807, 2.05) is 48.5 Å². The lowest BCUT2D eigenvalue weighted by Gasteiger charge is -2.35. The lowest BCUT2D eigenvalue weighted by atomic mass is 9.90. The van der Waals surface area contributed by atoms with E-state index < -0.39 is 17.3 Å². The minimum absolute atomic E-state index is 0.0214. The molecule has 2 atom stereocenters. The molecule has 0 amide bonds. The first-order valence-electron chi connectivity index (χ1n) is 11.1. The van der Waals surface area contributed by atoms with E-state index in [1.54, 1.807) is 34.1 Å². The molecule has 7 nitrogen and oxygen atoms in total. The summed E-state index contributed by atoms with van der Waals surface area (Å²) in [6.07, 6.45) is 1.02. The topological polar surface area (TPSA) is 93.1 Å². The van der Waals surface area contributed by atoms with Gasteiger partial charge in [-0.15, -0.1) is 0 Å². The molecule has 0 saturated heterocycles. The summed E-state index contributed by atoms with van der Waals surface area (Å²) in [4.78, 5) is 4.32. The summed E-state index contributed by atoms with van der Waals surface area (Å²) in [5, 5.41) is 25.2. The van der Waals surface area contributed by atoms with Crippen molar-refractivity contribution in [2.45, 2.75) is 44.5 Å². The van der Waals surface area contributed by atoms with Crippen LogP contribution in [0.1, 0.15) is 27.2 Å². The Balaban J connectivity index is 1.74. The van der Waals surface area contributed by atoms with Crippen LogP contribution in [0.15, 0.2) is 63.7 Å². The number of nitrogens with zero attached hydrogens (tertiary/aromatic N) is 1. The van der Waals surface area contributed by atoms with E-state index in [0.29, 0.717) is 27.5 Å². The van der Waals surface area contributed by atoms with Gasteiger partial charge in [0.1, 0.15) is 35.8 Å². The van der Waals surface area contributed by atoms with Gasteiger partial charge in [-0.05, 0) is 118 Å². The summed E-state index contributed by atoms with van der Waals surface area (Å²) in [6, 6.07) is 14.9. The first kappa shape index (κ1) is 29.0. The third-order valence-corrected chi connectivity index (χ3v) is 7.27. The van der Waals surface area contributed by atoms with Crippen LogP contribution in [-0.4, -0.2) is 46.2 Å². The number of pyridine rings is 1. The predicted molar refractivity (Wildman–Crippen MR) is 157 cm³/mol. The van der Waals surface area contributed by atoms with Crippen LogP contribution in [0.5, 0.6) is 17.2 Å². The number of aliphatic hydroxyl groups is 2. The highest BCUT2D eigenvalue weighted by atomic mass is 127. The molecule has 0 aliphatic carbocycles. The average molecular weight is 736 g/mol. The zero-order chi connectivity index (χ0) is 26.5. The standard InChI is InChI=1S/C26H29Br2IN2O5/c1-25(2,32)23(13-26(3,33)15-35-21-11-16(29)5-8-19(21)27)36-22-12-17(6-9-20(22)28)31-24-10-7-18(34-4)14-30-24/h5-12,14,23,32-33H,13,15H2,1-4H3,(H,30,31). The molecule has 0 aliphatic heterocycles. The highest BCUT2D eigenvalue weighted by molar-refractivity contribution is 14.1. The molecule has 0 spiro atoms. The Labute approximate surface area is 242 Å². The highest BCUT2D eigenvalue weighted by Crippen LogP contribution is 2.34. The van der Waals surface area contributed by atoms with Gasteiger partial charge in [0, 0.05) is 21.7 Å². The van der Waals surface area contributed by atoms with Crippen molar-refractivity contribution in [2.24, 2.45) is 0 Å². The van der Waals surface area contributed by atoms with E-state index in [9.17, 15) is 10.2 Å². The average Bonchev–Trinajstić information content (AvgIpc) is 2.81. The smallest absolute Gasteiger partial charge is 0.137 e. The molecule has 10 heteroatoms. The van der Waals surface area contributed by atoms with E-state index in [-0.39, 0.29) is 13.0 Å². The summed E-state index contributed by atoms with van der Waals surface area (Å²) in [5.74, 6) is 2.46. The van der Waals surface area contributed by atoms with Gasteiger partial charge in [0.25, 0.3) is 0 Å². The summed E-state index contributed by atoms with van der Waals surface area (Å²) in [5.41, 5.74) is -1.77. The molecule has 3 N–H and O–H groups in total. The lowest BCUT2D eigenvalue weighted by Crippen LogP contribution is -2.47. The normalized spacial score (nSPS) is 14.0. The molecule has 194 valence electrons. The second-order valence-corrected chi connectivity index (χ2v) is 12.1. The Bertz CT molecular complexity index is 1170. The van der Waals surface area contributed by atoms with Crippen molar-refractivity contribution < 1.29 is 24.4 Å². The Morgan fingerprint density at radius 3 is 2.33 bits per heavy atom. The van der Waals surface area contributed by atoms with Crippen molar-refractivity contribution >= 4 is 66.0 Å². The Hall–Kier alpha value is -1.60. The molecule has 2 unspecified atom stereocenters. The van der Waals surface area contributed by atoms with Gasteiger partial charge in [-0.1, -0.05) is 0 Å². The van der Waals surface area contributed by atoms with E-state index in [1.165, 1.54) is 0 Å². The maximum absolute atomic E-state index is 11.1. The summed E-state index contributed by atoms with van der Waals surface area (Å²) >= 11 is 9.21. The SMILES string of the molecule is COc1ccc(Nc2ccc(Br)c(OC(CC(C)(O)COc3cc(I)ccc3Br)C(C)(C)O)c2)nc1. The zero-order valence-electron chi connectivity index (χ0n) is 20.4. The second kappa shape index (κ2) is 12.3. The van der Waals surface area contributed by atoms with E-state index in [0.717, 1.165) is 13.7 Å². The third kappa shape index (κ3) is 8.47. The van der Waals surface area contributed by atoms with Crippen LogP contribution in [0.25, 0.3) is 0 Å². The van der Waals surface area contributed by atoms with Crippen molar-refractivity contribution in [2.75, 3.05) is 19.0 Å². The Morgan fingerprint density at radius 1 is 1.00 bits per heavy atom. The first-order valence-corrected chi connectivity index (χ1v) is 13.8. The minimum Gasteiger partial charge on any atom is -0.495 e. The van der Waals surface area contributed by atoms with Gasteiger partial charge >= 0.3 is 0 Å². The van der Waals surface area contributed by atoms with Gasteiger partial charge in [-0.3, -0.25) is 0 Å². The molecule has 3 rings (SSSR count). The number of ether oxygens (including phenoxy) is 3. The fraction of sp³-hybridized carbons (Fsp3) is 0.346. The number of rotatable bonds is 11. The number of hydrogen-bond donors (Lipinski definition) is 3. The monoisotopic (exact) mass is 734 g/mol. The van der Waals surface area contributed by atoms with Gasteiger partial charge in [-0.25, -0.2) is 4.98 Å². The fourth-order valence-electron chi connectivity index (χ4n) is 3.26. The molecular weight excluding hydrogens is 707 g/mol. The van der Waals surface area contributed by atoms with Crippen molar-refractivity contribution in [1.29, 1.82) is 0 Å². The molecule has 0 bridgehead atoms. The Morgan fingerprint density at radius 2 is 1.69 bits per heavy atom. The van der Waals surface area contributed by atoms with Crippen LogP contribution in [0.2, 0.25) is 0 Å². The fourth-order valence-corrected chi connectivity index (χ4v) is 4.43. The third-order valence-electron chi connectivity index (χ3n) is 5.29. The first-order chi connectivity index (χ1) is 16.9. The number of nitrogens with one attached hydrogen (secondary N) is 1. The highest BCUT2D eigenvalue weighted by Gasteiger charge is 2.37. The van der Waals surface area contributed by atoms with E-state index in [2.05, 4.69) is 64.8 Å². The molecule has 0 radical (unpaired) electrons. The molecule has 1 aromatic heterocycles. The molecule has 3 aromatic rings. The van der Waals surface area contributed by atoms with Crippen LogP contribution < -0.4 is 19.5 Å². The maximum Gasteiger partial charge on any atom is 0.137 e. The van der Waals surface area contributed by atoms with Crippen LogP contribution in [0, 0.1) is 3.57 Å². The van der Waals surface area contributed by atoms with Gasteiger partial charge in [0.15, 0.2) is 0 Å². The molecule has 0 aliphatic rings. The van der Waals surface area contributed by atoms with Crippen molar-refractivity contribution in [3.63, 3.8) is 0 Å². The van der Waals surface area contributed by atoms with Crippen LogP contribution in [0.3, 0.4) is 0 Å². The molecule has 0 saturated carbocycles. The number of benzene rings is 2. The number of halogens is 3. The maximum atomic E-state index is 11.1. The Kier molecular flexibility index (Phi) is 9.89. The van der Waals surface area contributed by atoms with Crippen LogP contribution in [-0.2, 0) is 0 Å². The number of aromatic nitrogens is 1. The van der Waals surface area contributed by atoms with Gasteiger partial charge < -0.3 is 29.7 Å². The molecular formula is C26H29Br2IN2O5. The molecule has 1 heterocycles. The lowest BCUT2D eigenvalue weighted by molar-refractivity contribution is -0.0875. The largest absolute Gasteiger partial charge is 0.495 e. The predicted octanol–water partition coefficient (Wildman–Crippen LogP) is 6.70. The van der Waals surface area contributed by atoms with Crippen LogP contribution in [0.4, 0.5) is 11.5 Å². The van der Waals surface area contributed by atoms with E-state index in [4.69, 9.17) is 14.2 Å². The number of hydrogen-bond acceptors (Lipinski definition) is 7. The second-order valence-electron chi connectivity index (χ2n) is 9.18. The van der Waals surface area contributed by atoms with E-state index >= 15 is 0 Å². The molecule has 36 heavy (non-hydrogen) atoms. The number of anilines is 2. The van der Waals surface area contributed by atoms with Crippen molar-refractivity contribution in [1.82, 2.24) is 4.98 Å². The number of methoxy groups -OCH3 is 1. The quantitative estimate of drug-likeness (QED) is 0.189.